The summed E-state index contributed by atoms with van der Waals surface area (Å²) in [5.74, 6) is 2.28. The van der Waals surface area contributed by atoms with Gasteiger partial charge in [-0.15, -0.1) is 0 Å². The average Bonchev–Trinajstić information content (AvgIpc) is 2.94. The van der Waals surface area contributed by atoms with Gasteiger partial charge in [0.05, 0.1) is 11.0 Å². The van der Waals surface area contributed by atoms with Crippen LogP contribution in [0.4, 0.5) is 17.6 Å². The van der Waals surface area contributed by atoms with Gasteiger partial charge in [0.1, 0.15) is 18.0 Å². The van der Waals surface area contributed by atoms with Crippen molar-refractivity contribution in [3.63, 3.8) is 0 Å². The van der Waals surface area contributed by atoms with Crippen LogP contribution in [0.25, 0.3) is 11.0 Å². The van der Waals surface area contributed by atoms with Gasteiger partial charge in [0.25, 0.3) is 0 Å². The van der Waals surface area contributed by atoms with E-state index in [1.807, 2.05) is 35.9 Å². The van der Waals surface area contributed by atoms with E-state index in [1.165, 1.54) is 0 Å². The summed E-state index contributed by atoms with van der Waals surface area (Å²) in [6.07, 6.45) is 1.57. The maximum absolute atomic E-state index is 4.63. The fraction of sp³-hybridized carbons (Fsp3) is 0.450. The summed E-state index contributed by atoms with van der Waals surface area (Å²) < 4.78 is 2.02. The highest BCUT2D eigenvalue weighted by Gasteiger charge is 2.13. The van der Waals surface area contributed by atoms with Crippen molar-refractivity contribution in [2.45, 2.75) is 39.8 Å². The van der Waals surface area contributed by atoms with E-state index in [2.05, 4.69) is 64.2 Å². The number of nitrogens with zero attached hydrogens (tertiary/aromatic N) is 5. The molecule has 0 bridgehead atoms. The van der Waals surface area contributed by atoms with Crippen LogP contribution in [0.2, 0.25) is 0 Å². The number of fused-ring (bicyclic) bond motifs is 1. The Hall–Kier alpha value is -2.67. The zero-order valence-corrected chi connectivity index (χ0v) is 16.8. The van der Waals surface area contributed by atoms with Crippen molar-refractivity contribution in [2.75, 3.05) is 23.7 Å². The van der Waals surface area contributed by atoms with Crippen LogP contribution in [-0.2, 0) is 7.05 Å². The SMILES string of the molecule is CC(C)N(CCNc1cc(Nc2nc3ccccc3n2C)ncn1)C(C)C. The summed E-state index contributed by atoms with van der Waals surface area (Å²) in [6.45, 7) is 10.7. The van der Waals surface area contributed by atoms with E-state index in [0.717, 1.165) is 41.7 Å². The number of anilines is 3. The maximum atomic E-state index is 4.63. The highest BCUT2D eigenvalue weighted by molar-refractivity contribution is 5.79. The lowest BCUT2D eigenvalue weighted by molar-refractivity contribution is 0.182. The molecule has 0 fully saturated rings. The van der Waals surface area contributed by atoms with Crippen molar-refractivity contribution in [3.8, 4) is 0 Å². The third kappa shape index (κ3) is 4.54. The van der Waals surface area contributed by atoms with E-state index < -0.39 is 0 Å². The van der Waals surface area contributed by atoms with E-state index in [0.29, 0.717) is 12.1 Å². The highest BCUT2D eigenvalue weighted by atomic mass is 15.2. The van der Waals surface area contributed by atoms with Crippen molar-refractivity contribution >= 4 is 28.6 Å². The average molecular weight is 368 g/mol. The molecule has 0 spiro atoms. The Balaban J connectivity index is 1.66. The minimum atomic E-state index is 0.520. The number of aromatic nitrogens is 4. The van der Waals surface area contributed by atoms with E-state index in [4.69, 9.17) is 0 Å². The molecule has 0 aliphatic heterocycles. The summed E-state index contributed by atoms with van der Waals surface area (Å²) in [5, 5.41) is 6.68. The standard InChI is InChI=1S/C20H29N7/c1-14(2)27(15(3)4)11-10-21-18-12-19(23-13-22-18)25-20-24-16-8-6-7-9-17(16)26(20)5/h6-9,12-15H,10-11H2,1-5H3,(H2,21,22,23,24,25). The molecule has 2 aromatic heterocycles. The molecule has 7 heteroatoms. The van der Waals surface area contributed by atoms with E-state index in [1.54, 1.807) is 6.33 Å². The molecular weight excluding hydrogens is 338 g/mol. The van der Waals surface area contributed by atoms with Crippen LogP contribution in [0.1, 0.15) is 27.7 Å². The van der Waals surface area contributed by atoms with Crippen LogP contribution >= 0.6 is 0 Å². The summed E-state index contributed by atoms with van der Waals surface area (Å²) in [4.78, 5) is 15.7. The minimum Gasteiger partial charge on any atom is -0.369 e. The van der Waals surface area contributed by atoms with Gasteiger partial charge in [0.15, 0.2) is 0 Å². The van der Waals surface area contributed by atoms with E-state index >= 15 is 0 Å². The van der Waals surface area contributed by atoms with Crippen molar-refractivity contribution < 1.29 is 0 Å². The molecule has 2 heterocycles. The van der Waals surface area contributed by atoms with Crippen LogP contribution in [-0.4, -0.2) is 49.6 Å². The number of para-hydroxylation sites is 2. The molecule has 27 heavy (non-hydrogen) atoms. The molecule has 3 rings (SSSR count). The summed E-state index contributed by atoms with van der Waals surface area (Å²) in [6, 6.07) is 11.0. The highest BCUT2D eigenvalue weighted by Crippen LogP contribution is 2.21. The van der Waals surface area contributed by atoms with Gasteiger partial charge < -0.3 is 15.2 Å². The van der Waals surface area contributed by atoms with Gasteiger partial charge in [-0.2, -0.15) is 0 Å². The topological polar surface area (TPSA) is 70.9 Å². The Kier molecular flexibility index (Phi) is 5.91. The second kappa shape index (κ2) is 8.35. The molecule has 0 radical (unpaired) electrons. The van der Waals surface area contributed by atoms with Crippen LogP contribution in [0.5, 0.6) is 0 Å². The van der Waals surface area contributed by atoms with E-state index in [-0.39, 0.29) is 0 Å². The summed E-state index contributed by atoms with van der Waals surface area (Å²) >= 11 is 0. The number of hydrogen-bond donors (Lipinski definition) is 2. The van der Waals surface area contributed by atoms with Gasteiger partial charge >= 0.3 is 0 Å². The molecule has 0 saturated carbocycles. The number of aryl methyl sites for hydroxylation is 1. The van der Waals surface area contributed by atoms with Gasteiger partial charge in [-0.3, -0.25) is 4.90 Å². The van der Waals surface area contributed by atoms with Crippen LogP contribution in [0, 0.1) is 0 Å². The molecule has 0 aliphatic carbocycles. The first-order valence-electron chi connectivity index (χ1n) is 9.46. The van der Waals surface area contributed by atoms with Crippen LogP contribution < -0.4 is 10.6 Å². The number of imidazole rings is 1. The lowest BCUT2D eigenvalue weighted by atomic mass is 10.2. The molecular formula is C20H29N7. The predicted octanol–water partition coefficient (Wildman–Crippen LogP) is 3.64. The molecule has 3 aromatic rings. The largest absolute Gasteiger partial charge is 0.369 e. The number of hydrogen-bond acceptors (Lipinski definition) is 6. The van der Waals surface area contributed by atoms with Gasteiger partial charge in [0.2, 0.25) is 5.95 Å². The van der Waals surface area contributed by atoms with Crippen molar-refractivity contribution in [2.24, 2.45) is 7.05 Å². The van der Waals surface area contributed by atoms with Gasteiger partial charge in [0, 0.05) is 38.3 Å². The van der Waals surface area contributed by atoms with Gasteiger partial charge in [-0.25, -0.2) is 15.0 Å². The Morgan fingerprint density at radius 3 is 2.44 bits per heavy atom. The molecule has 1 aromatic carbocycles. The van der Waals surface area contributed by atoms with Crippen molar-refractivity contribution in [1.29, 1.82) is 0 Å². The zero-order chi connectivity index (χ0) is 19.4. The van der Waals surface area contributed by atoms with Crippen LogP contribution in [0.3, 0.4) is 0 Å². The number of rotatable bonds is 8. The van der Waals surface area contributed by atoms with Crippen molar-refractivity contribution in [3.05, 3.63) is 36.7 Å². The van der Waals surface area contributed by atoms with Gasteiger partial charge in [-0.1, -0.05) is 12.1 Å². The molecule has 2 N–H and O–H groups in total. The number of nitrogens with one attached hydrogen (secondary N) is 2. The lowest BCUT2D eigenvalue weighted by Crippen LogP contribution is -2.40. The smallest absolute Gasteiger partial charge is 0.209 e. The molecule has 144 valence electrons. The first kappa shape index (κ1) is 19.1. The third-order valence-electron chi connectivity index (χ3n) is 4.70. The normalized spacial score (nSPS) is 11.7. The minimum absolute atomic E-state index is 0.520. The molecule has 0 aliphatic rings. The molecule has 0 saturated heterocycles. The second-order valence-corrected chi connectivity index (χ2v) is 7.25. The predicted molar refractivity (Wildman–Crippen MR) is 111 cm³/mol. The fourth-order valence-electron chi connectivity index (χ4n) is 3.32. The lowest BCUT2D eigenvalue weighted by Gasteiger charge is -2.30. The fourth-order valence-corrected chi connectivity index (χ4v) is 3.32. The molecule has 0 atom stereocenters. The number of benzene rings is 1. The maximum Gasteiger partial charge on any atom is 0.209 e. The molecule has 0 amide bonds. The Morgan fingerprint density at radius 2 is 1.74 bits per heavy atom. The Labute approximate surface area is 160 Å². The summed E-state index contributed by atoms with van der Waals surface area (Å²) in [7, 11) is 1.99. The molecule has 7 nitrogen and oxygen atoms in total. The molecule has 0 unspecified atom stereocenters. The van der Waals surface area contributed by atoms with Crippen molar-refractivity contribution in [1.82, 2.24) is 24.4 Å². The van der Waals surface area contributed by atoms with E-state index in [9.17, 15) is 0 Å². The Morgan fingerprint density at radius 1 is 1.04 bits per heavy atom. The van der Waals surface area contributed by atoms with Gasteiger partial charge in [-0.05, 0) is 39.8 Å². The Bertz CT molecular complexity index is 877. The zero-order valence-electron chi connectivity index (χ0n) is 16.8. The second-order valence-electron chi connectivity index (χ2n) is 7.25. The first-order chi connectivity index (χ1) is 13.0. The third-order valence-corrected chi connectivity index (χ3v) is 4.70. The first-order valence-corrected chi connectivity index (χ1v) is 9.46. The van der Waals surface area contributed by atoms with Crippen LogP contribution in [0.15, 0.2) is 36.7 Å². The summed E-state index contributed by atoms with van der Waals surface area (Å²) in [5.41, 5.74) is 2.03. The monoisotopic (exact) mass is 367 g/mol. The quantitative estimate of drug-likeness (QED) is 0.633.